The molecule has 0 radical (unpaired) electrons. The second-order valence-corrected chi connectivity index (χ2v) is 9.66. The number of hydrogen-bond donors (Lipinski definition) is 3. The van der Waals surface area contributed by atoms with Gasteiger partial charge in [-0.3, -0.25) is 9.59 Å². The number of nitrogens with zero attached hydrogens (tertiary/aromatic N) is 2. The lowest BCUT2D eigenvalue weighted by Gasteiger charge is -2.36. The highest BCUT2D eigenvalue weighted by Crippen LogP contribution is 2.43. The van der Waals surface area contributed by atoms with E-state index in [1.807, 2.05) is 30.3 Å². The van der Waals surface area contributed by atoms with Crippen molar-refractivity contribution in [3.63, 3.8) is 0 Å². The predicted octanol–water partition coefficient (Wildman–Crippen LogP) is 4.85. The van der Waals surface area contributed by atoms with Gasteiger partial charge in [-0.25, -0.2) is 9.78 Å². The third-order valence-corrected chi connectivity index (χ3v) is 7.13. The summed E-state index contributed by atoms with van der Waals surface area (Å²) in [6.45, 7) is 0.114. The number of aliphatic hydroxyl groups is 1. The Morgan fingerprint density at radius 1 is 1.05 bits per heavy atom. The van der Waals surface area contributed by atoms with Crippen molar-refractivity contribution in [2.45, 2.75) is 50.5 Å². The number of amides is 2. The first-order valence-electron chi connectivity index (χ1n) is 13.0. The molecule has 9 heteroatoms. The number of carbonyl (C=O) groups excluding carboxylic acids is 2. The Kier molecular flexibility index (Phi) is 8.91. The van der Waals surface area contributed by atoms with Crippen molar-refractivity contribution in [1.29, 1.82) is 0 Å². The van der Waals surface area contributed by atoms with Gasteiger partial charge >= 0.3 is 6.09 Å². The number of carboxylic acid groups (broad SMARTS) is 1. The lowest BCUT2D eigenvalue weighted by Crippen LogP contribution is -2.38. The zero-order valence-electron chi connectivity index (χ0n) is 21.2. The summed E-state index contributed by atoms with van der Waals surface area (Å²) >= 11 is 0. The lowest BCUT2D eigenvalue weighted by atomic mass is 9.73. The van der Waals surface area contributed by atoms with Crippen LogP contribution in [-0.2, 0) is 16.8 Å². The number of carbonyl (C=O) groups is 3. The molecule has 1 unspecified atom stereocenters. The summed E-state index contributed by atoms with van der Waals surface area (Å²) < 4.78 is 6.03. The second kappa shape index (κ2) is 12.5. The Balaban J connectivity index is 1.38. The summed E-state index contributed by atoms with van der Waals surface area (Å²) in [7, 11) is 0. The third-order valence-electron chi connectivity index (χ3n) is 7.13. The molecule has 0 aliphatic heterocycles. The summed E-state index contributed by atoms with van der Waals surface area (Å²) in [5, 5.41) is 24.3. The van der Waals surface area contributed by atoms with Crippen molar-refractivity contribution < 1.29 is 29.0 Å². The quantitative estimate of drug-likeness (QED) is 0.308. The van der Waals surface area contributed by atoms with E-state index >= 15 is 0 Å². The number of anilines is 1. The fourth-order valence-corrected chi connectivity index (χ4v) is 5.00. The molecule has 200 valence electrons. The minimum Gasteiger partial charge on any atom is -0.465 e. The molecule has 3 aromatic rings. The fraction of sp³-hybridized carbons (Fsp3) is 0.379. The van der Waals surface area contributed by atoms with E-state index in [2.05, 4.69) is 10.3 Å². The van der Waals surface area contributed by atoms with Crippen LogP contribution in [0.2, 0.25) is 0 Å². The van der Waals surface area contributed by atoms with Crippen LogP contribution in [0.1, 0.15) is 66.1 Å². The normalized spacial score (nSPS) is 15.4. The Labute approximate surface area is 221 Å². The van der Waals surface area contributed by atoms with Gasteiger partial charge in [0, 0.05) is 43.1 Å². The van der Waals surface area contributed by atoms with E-state index < -0.39 is 11.7 Å². The van der Waals surface area contributed by atoms with Crippen molar-refractivity contribution in [1.82, 2.24) is 9.88 Å². The molecule has 1 saturated carbocycles. The van der Waals surface area contributed by atoms with Gasteiger partial charge in [0.1, 0.15) is 12.0 Å². The van der Waals surface area contributed by atoms with Crippen molar-refractivity contribution >= 4 is 24.0 Å². The molecule has 4 rings (SSSR count). The molecule has 0 spiro atoms. The maximum absolute atomic E-state index is 12.3. The predicted molar refractivity (Wildman–Crippen MR) is 141 cm³/mol. The molecule has 1 fully saturated rings. The van der Waals surface area contributed by atoms with Gasteiger partial charge in [0.2, 0.25) is 11.8 Å². The fourth-order valence-electron chi connectivity index (χ4n) is 5.00. The second-order valence-electron chi connectivity index (χ2n) is 9.66. The first-order valence-corrected chi connectivity index (χ1v) is 13.0. The average molecular weight is 520 g/mol. The lowest BCUT2D eigenvalue weighted by molar-refractivity contribution is -0.116. The molecule has 1 aromatic heterocycles. The van der Waals surface area contributed by atoms with E-state index in [0.717, 1.165) is 42.6 Å². The number of benzene rings is 2. The van der Waals surface area contributed by atoms with Crippen LogP contribution >= 0.6 is 0 Å². The SMILES string of the molecule is O=Cc1ccc(NC(=O)CCN(CCc2cnc(C(O)(c3ccccc3)C3CCCCC3)o2)C(=O)O)cc1. The molecule has 38 heavy (non-hydrogen) atoms. The Bertz CT molecular complexity index is 1220. The van der Waals surface area contributed by atoms with Crippen LogP contribution in [0, 0.1) is 5.92 Å². The Hall–Kier alpha value is -3.98. The third kappa shape index (κ3) is 6.47. The summed E-state index contributed by atoms with van der Waals surface area (Å²) in [5.41, 5.74) is 0.408. The molecular weight excluding hydrogens is 486 g/mol. The molecule has 1 atom stereocenters. The smallest absolute Gasteiger partial charge is 0.407 e. The number of aromatic nitrogens is 1. The first-order chi connectivity index (χ1) is 18.4. The van der Waals surface area contributed by atoms with Crippen LogP contribution in [0.5, 0.6) is 0 Å². The highest BCUT2D eigenvalue weighted by atomic mass is 16.4. The van der Waals surface area contributed by atoms with Gasteiger partial charge in [0.15, 0.2) is 5.60 Å². The Morgan fingerprint density at radius 2 is 1.76 bits per heavy atom. The number of rotatable bonds is 11. The van der Waals surface area contributed by atoms with E-state index in [0.29, 0.717) is 23.3 Å². The maximum atomic E-state index is 12.3. The molecule has 2 aromatic carbocycles. The van der Waals surface area contributed by atoms with E-state index in [1.54, 1.807) is 30.5 Å². The molecule has 0 saturated heterocycles. The van der Waals surface area contributed by atoms with Crippen LogP contribution < -0.4 is 5.32 Å². The van der Waals surface area contributed by atoms with Gasteiger partial charge in [0.05, 0.1) is 6.20 Å². The van der Waals surface area contributed by atoms with Gasteiger partial charge in [-0.2, -0.15) is 0 Å². The molecule has 3 N–H and O–H groups in total. The van der Waals surface area contributed by atoms with E-state index in [1.165, 1.54) is 0 Å². The molecule has 2 amide bonds. The van der Waals surface area contributed by atoms with Gasteiger partial charge in [-0.15, -0.1) is 0 Å². The van der Waals surface area contributed by atoms with E-state index in [-0.39, 0.29) is 43.6 Å². The minimum atomic E-state index is -1.35. The number of nitrogens with one attached hydrogen (secondary N) is 1. The summed E-state index contributed by atoms with van der Waals surface area (Å²) in [4.78, 5) is 40.4. The largest absolute Gasteiger partial charge is 0.465 e. The number of hydrogen-bond acceptors (Lipinski definition) is 6. The zero-order chi connectivity index (χ0) is 27.0. The van der Waals surface area contributed by atoms with Gasteiger partial charge in [0.25, 0.3) is 0 Å². The van der Waals surface area contributed by atoms with Gasteiger partial charge in [-0.1, -0.05) is 49.6 Å². The first kappa shape index (κ1) is 27.1. The van der Waals surface area contributed by atoms with Gasteiger partial charge in [-0.05, 0) is 42.7 Å². The van der Waals surface area contributed by atoms with Gasteiger partial charge < -0.3 is 24.8 Å². The number of oxazole rings is 1. The van der Waals surface area contributed by atoms with Crippen molar-refractivity contribution in [2.24, 2.45) is 5.92 Å². The molecule has 1 aliphatic carbocycles. The molecule has 9 nitrogen and oxygen atoms in total. The summed E-state index contributed by atoms with van der Waals surface area (Å²) in [6, 6.07) is 15.8. The summed E-state index contributed by atoms with van der Waals surface area (Å²) in [6.07, 6.45) is 6.32. The topological polar surface area (TPSA) is 133 Å². The maximum Gasteiger partial charge on any atom is 0.407 e. The van der Waals surface area contributed by atoms with Crippen LogP contribution in [0.3, 0.4) is 0 Å². The Morgan fingerprint density at radius 3 is 2.42 bits per heavy atom. The molecule has 1 aliphatic rings. The monoisotopic (exact) mass is 519 g/mol. The summed E-state index contributed by atoms with van der Waals surface area (Å²) in [5.74, 6) is 0.342. The highest BCUT2D eigenvalue weighted by molar-refractivity contribution is 5.91. The average Bonchev–Trinajstić information content (AvgIpc) is 3.43. The molecule has 1 heterocycles. The van der Waals surface area contributed by atoms with Crippen LogP contribution in [0.15, 0.2) is 65.2 Å². The zero-order valence-corrected chi connectivity index (χ0v) is 21.2. The van der Waals surface area contributed by atoms with E-state index in [9.17, 15) is 24.6 Å². The number of aldehydes is 1. The van der Waals surface area contributed by atoms with Crippen molar-refractivity contribution in [3.8, 4) is 0 Å². The van der Waals surface area contributed by atoms with Crippen LogP contribution in [-0.4, -0.2) is 51.5 Å². The standard InChI is InChI=1S/C29H33N3O6/c33-20-21-11-13-24(14-12-21)31-26(34)16-18-32(28(35)36)17-15-25-19-30-27(38-25)29(37,22-7-3-1-4-8-22)23-9-5-2-6-10-23/h1,3-4,7-8,11-14,19-20,23,37H,2,5-6,9-10,15-18H2,(H,31,34)(H,35,36). The molecule has 0 bridgehead atoms. The van der Waals surface area contributed by atoms with E-state index in [4.69, 9.17) is 4.42 Å². The van der Waals surface area contributed by atoms with Crippen molar-refractivity contribution in [2.75, 3.05) is 18.4 Å². The highest BCUT2D eigenvalue weighted by Gasteiger charge is 2.44. The van der Waals surface area contributed by atoms with Crippen LogP contribution in [0.4, 0.5) is 10.5 Å². The minimum absolute atomic E-state index is 0.00457. The van der Waals surface area contributed by atoms with Crippen molar-refractivity contribution in [3.05, 3.63) is 83.6 Å². The molecular formula is C29H33N3O6. The van der Waals surface area contributed by atoms with Crippen LogP contribution in [0.25, 0.3) is 0 Å².